The first kappa shape index (κ1) is 13.0. The van der Waals surface area contributed by atoms with Crippen molar-refractivity contribution in [3.05, 3.63) is 10.7 Å². The lowest BCUT2D eigenvalue weighted by atomic mass is 10.4. The lowest BCUT2D eigenvalue weighted by Gasteiger charge is -2.20. The first-order valence-electron chi connectivity index (χ1n) is 4.35. The third kappa shape index (κ3) is 3.84. The number of rotatable bonds is 3. The summed E-state index contributed by atoms with van der Waals surface area (Å²) in [6.45, 7) is -0.182. The predicted molar refractivity (Wildman–Crippen MR) is 58.1 cm³/mol. The molecule has 1 heterocycles. The quantitative estimate of drug-likeness (QED) is 0.929. The van der Waals surface area contributed by atoms with Crippen LogP contribution in [0.5, 0.6) is 0 Å². The number of nitrogens with two attached hydrogens (primary N) is 1. The van der Waals surface area contributed by atoms with Gasteiger partial charge in [-0.15, -0.1) is 0 Å². The van der Waals surface area contributed by atoms with Crippen molar-refractivity contribution in [2.24, 2.45) is 0 Å². The van der Waals surface area contributed by atoms with Gasteiger partial charge in [-0.05, 0) is 15.9 Å². The van der Waals surface area contributed by atoms with Crippen LogP contribution in [0.2, 0.25) is 0 Å². The van der Waals surface area contributed by atoms with E-state index < -0.39 is 12.6 Å². The fraction of sp³-hybridized carbons (Fsp3) is 0.500. The number of aromatic nitrogens is 2. The minimum Gasteiger partial charge on any atom is -0.368 e. The van der Waals surface area contributed by atoms with Gasteiger partial charge in [0.1, 0.15) is 5.82 Å². The average molecular weight is 299 g/mol. The molecule has 0 unspecified atom stereocenters. The van der Waals surface area contributed by atoms with Crippen molar-refractivity contribution in [2.75, 3.05) is 24.2 Å². The van der Waals surface area contributed by atoms with Crippen LogP contribution in [0.15, 0.2) is 10.7 Å². The molecule has 0 aromatic carbocycles. The van der Waals surface area contributed by atoms with Gasteiger partial charge in [-0.1, -0.05) is 0 Å². The Morgan fingerprint density at radius 3 is 2.69 bits per heavy atom. The molecular weight excluding hydrogens is 289 g/mol. The molecule has 16 heavy (non-hydrogen) atoms. The molecule has 1 aromatic rings. The lowest BCUT2D eigenvalue weighted by Crippen LogP contribution is -2.25. The minimum absolute atomic E-state index is 0.0251. The Balaban J connectivity index is 2.73. The summed E-state index contributed by atoms with van der Waals surface area (Å²) < 4.78 is 36.6. The van der Waals surface area contributed by atoms with Crippen LogP contribution >= 0.6 is 15.9 Å². The number of nitrogen functional groups attached to an aromatic ring is 1. The van der Waals surface area contributed by atoms with E-state index in [0.717, 1.165) is 0 Å². The smallest absolute Gasteiger partial charge is 0.368 e. The molecular formula is C8H10BrF3N4. The normalized spacial score (nSPS) is 11.6. The van der Waals surface area contributed by atoms with Crippen molar-refractivity contribution in [3.63, 3.8) is 0 Å². The molecule has 0 fully saturated rings. The van der Waals surface area contributed by atoms with Gasteiger partial charge >= 0.3 is 6.18 Å². The topological polar surface area (TPSA) is 55.0 Å². The van der Waals surface area contributed by atoms with Gasteiger partial charge in [-0.25, -0.2) is 4.98 Å². The van der Waals surface area contributed by atoms with Crippen LogP contribution in [0.4, 0.5) is 24.9 Å². The second-order valence-electron chi connectivity index (χ2n) is 3.19. The summed E-state index contributed by atoms with van der Waals surface area (Å²) in [5, 5.41) is 0. The molecule has 1 aromatic heterocycles. The molecule has 0 aliphatic heterocycles. The van der Waals surface area contributed by atoms with E-state index in [1.165, 1.54) is 18.1 Å². The molecule has 0 radical (unpaired) electrons. The largest absolute Gasteiger partial charge is 0.390 e. The number of halogens is 4. The molecule has 0 aliphatic rings. The SMILES string of the molecule is CN(CCC(F)(F)F)c1nc(N)ncc1Br. The summed E-state index contributed by atoms with van der Waals surface area (Å²) in [4.78, 5) is 8.92. The molecule has 0 spiro atoms. The molecule has 0 aliphatic carbocycles. The summed E-state index contributed by atoms with van der Waals surface area (Å²) in [5.74, 6) is 0.369. The first-order chi connectivity index (χ1) is 7.29. The van der Waals surface area contributed by atoms with Crippen LogP contribution in [0.1, 0.15) is 6.42 Å². The van der Waals surface area contributed by atoms with Gasteiger partial charge in [-0.3, -0.25) is 0 Å². The minimum atomic E-state index is -4.18. The highest BCUT2D eigenvalue weighted by molar-refractivity contribution is 9.10. The van der Waals surface area contributed by atoms with Gasteiger partial charge in [0.25, 0.3) is 0 Å². The van der Waals surface area contributed by atoms with E-state index in [0.29, 0.717) is 10.3 Å². The first-order valence-corrected chi connectivity index (χ1v) is 5.15. The summed E-state index contributed by atoms with van der Waals surface area (Å²) >= 11 is 3.15. The molecule has 0 amide bonds. The monoisotopic (exact) mass is 298 g/mol. The van der Waals surface area contributed by atoms with Crippen LogP contribution in [0.25, 0.3) is 0 Å². The van der Waals surface area contributed by atoms with E-state index >= 15 is 0 Å². The highest BCUT2D eigenvalue weighted by atomic mass is 79.9. The fourth-order valence-electron chi connectivity index (χ4n) is 1.04. The third-order valence-electron chi connectivity index (χ3n) is 1.84. The molecule has 90 valence electrons. The van der Waals surface area contributed by atoms with Gasteiger partial charge in [-0.2, -0.15) is 18.2 Å². The molecule has 1 rings (SSSR count). The van der Waals surface area contributed by atoms with Gasteiger partial charge in [0.2, 0.25) is 5.95 Å². The van der Waals surface area contributed by atoms with E-state index in [9.17, 15) is 13.2 Å². The Hall–Kier alpha value is -1.05. The number of nitrogens with zero attached hydrogens (tertiary/aromatic N) is 3. The van der Waals surface area contributed by atoms with Crippen molar-refractivity contribution >= 4 is 27.7 Å². The Morgan fingerprint density at radius 2 is 2.12 bits per heavy atom. The molecule has 8 heteroatoms. The summed E-state index contributed by atoms with van der Waals surface area (Å²) in [7, 11) is 1.51. The summed E-state index contributed by atoms with van der Waals surface area (Å²) in [6.07, 6.45) is -3.68. The van der Waals surface area contributed by atoms with Crippen molar-refractivity contribution in [1.82, 2.24) is 9.97 Å². The van der Waals surface area contributed by atoms with Gasteiger partial charge in [0, 0.05) is 19.8 Å². The number of hydrogen-bond acceptors (Lipinski definition) is 4. The maximum absolute atomic E-state index is 12.0. The second-order valence-corrected chi connectivity index (χ2v) is 4.04. The Kier molecular flexibility index (Phi) is 3.95. The number of anilines is 2. The Labute approximate surface area is 98.8 Å². The van der Waals surface area contributed by atoms with Crippen molar-refractivity contribution in [2.45, 2.75) is 12.6 Å². The summed E-state index contributed by atoms with van der Waals surface area (Å²) in [5.41, 5.74) is 5.36. The van der Waals surface area contributed by atoms with E-state index in [2.05, 4.69) is 25.9 Å². The van der Waals surface area contributed by atoms with Crippen LogP contribution in [-0.4, -0.2) is 29.7 Å². The van der Waals surface area contributed by atoms with Crippen LogP contribution in [-0.2, 0) is 0 Å². The second kappa shape index (κ2) is 4.86. The fourth-order valence-corrected chi connectivity index (χ4v) is 1.53. The summed E-state index contributed by atoms with van der Waals surface area (Å²) in [6, 6.07) is 0. The van der Waals surface area contributed by atoms with E-state index in [1.54, 1.807) is 0 Å². The Bertz CT molecular complexity index is 369. The Morgan fingerprint density at radius 1 is 1.50 bits per heavy atom. The molecule has 4 nitrogen and oxygen atoms in total. The van der Waals surface area contributed by atoms with Crippen LogP contribution in [0, 0.1) is 0 Å². The standard InChI is InChI=1S/C8H10BrF3N4/c1-16(3-2-8(10,11)12)6-5(9)4-14-7(13)15-6/h4H,2-3H2,1H3,(H2,13,14,15). The van der Waals surface area contributed by atoms with Crippen LogP contribution < -0.4 is 10.6 Å². The highest BCUT2D eigenvalue weighted by Crippen LogP contribution is 2.25. The predicted octanol–water partition coefficient (Wildman–Crippen LogP) is 2.21. The van der Waals surface area contributed by atoms with Gasteiger partial charge in [0.15, 0.2) is 0 Å². The third-order valence-corrected chi connectivity index (χ3v) is 2.40. The van der Waals surface area contributed by atoms with E-state index in [4.69, 9.17) is 5.73 Å². The lowest BCUT2D eigenvalue weighted by molar-refractivity contribution is -0.132. The van der Waals surface area contributed by atoms with Crippen molar-refractivity contribution < 1.29 is 13.2 Å². The average Bonchev–Trinajstić information content (AvgIpc) is 2.17. The van der Waals surface area contributed by atoms with Crippen LogP contribution in [0.3, 0.4) is 0 Å². The van der Waals surface area contributed by atoms with E-state index in [1.807, 2.05) is 0 Å². The maximum Gasteiger partial charge on any atom is 0.390 e. The molecule has 0 saturated heterocycles. The molecule has 2 N–H and O–H groups in total. The van der Waals surface area contributed by atoms with Crippen molar-refractivity contribution in [1.29, 1.82) is 0 Å². The number of alkyl halides is 3. The molecule has 0 atom stereocenters. The maximum atomic E-state index is 12.0. The number of hydrogen-bond donors (Lipinski definition) is 1. The molecule has 0 bridgehead atoms. The zero-order valence-electron chi connectivity index (χ0n) is 8.42. The zero-order valence-corrected chi connectivity index (χ0v) is 10.0. The van der Waals surface area contributed by atoms with Crippen molar-refractivity contribution in [3.8, 4) is 0 Å². The molecule has 0 saturated carbocycles. The highest BCUT2D eigenvalue weighted by Gasteiger charge is 2.27. The van der Waals surface area contributed by atoms with E-state index in [-0.39, 0.29) is 12.5 Å². The zero-order chi connectivity index (χ0) is 12.3. The van der Waals surface area contributed by atoms with Gasteiger partial charge < -0.3 is 10.6 Å². The van der Waals surface area contributed by atoms with Gasteiger partial charge in [0.05, 0.1) is 10.9 Å².